The molecule has 2 amide bonds. The summed E-state index contributed by atoms with van der Waals surface area (Å²) in [6, 6.07) is 1.56. The number of rotatable bonds is 4. The molecule has 3 rings (SSSR count). The first-order valence-corrected chi connectivity index (χ1v) is 12.6. The number of ether oxygens (including phenoxy) is 1. The van der Waals surface area contributed by atoms with Crippen molar-refractivity contribution in [2.75, 3.05) is 25.6 Å². The standard InChI is InChI=1S/C26H36N2O4S/c1-17-7-9-18(10-8-17)24(30)28(19-12-14-27(5)22(29)15-19)21-16-20(11-13-26(2,3)4)33-23(21)25(31)32-6/h16-19H,7-10,12,14-15H2,1-6H3/t17-,18-,19?. The predicted molar refractivity (Wildman–Crippen MR) is 131 cm³/mol. The summed E-state index contributed by atoms with van der Waals surface area (Å²) in [5.41, 5.74) is 0.348. The second kappa shape index (κ2) is 10.3. The summed E-state index contributed by atoms with van der Waals surface area (Å²) in [6.07, 6.45) is 4.65. The van der Waals surface area contributed by atoms with Crippen molar-refractivity contribution in [3.63, 3.8) is 0 Å². The first-order chi connectivity index (χ1) is 15.5. The molecule has 0 bridgehead atoms. The number of likely N-dealkylation sites (tertiary alicyclic amines) is 1. The highest BCUT2D eigenvalue weighted by molar-refractivity contribution is 7.15. The number of carbonyl (C=O) groups excluding carboxylic acids is 3. The van der Waals surface area contributed by atoms with Crippen LogP contribution in [0.4, 0.5) is 5.69 Å². The normalized spacial score (nSPS) is 23.5. The third-order valence-corrected chi connectivity index (χ3v) is 7.52. The molecule has 1 unspecified atom stereocenters. The van der Waals surface area contributed by atoms with Gasteiger partial charge in [-0.25, -0.2) is 4.79 Å². The van der Waals surface area contributed by atoms with Gasteiger partial charge in [-0.1, -0.05) is 18.8 Å². The molecule has 1 saturated heterocycles. The molecule has 0 N–H and O–H groups in total. The summed E-state index contributed by atoms with van der Waals surface area (Å²) in [4.78, 5) is 43.7. The van der Waals surface area contributed by atoms with Crippen LogP contribution in [0.3, 0.4) is 0 Å². The van der Waals surface area contributed by atoms with E-state index < -0.39 is 5.97 Å². The number of methoxy groups -OCH3 is 1. The molecule has 2 heterocycles. The quantitative estimate of drug-likeness (QED) is 0.470. The fourth-order valence-corrected chi connectivity index (χ4v) is 5.38. The number of nitrogens with zero attached hydrogens (tertiary/aromatic N) is 2. The van der Waals surface area contributed by atoms with Gasteiger partial charge in [0.15, 0.2) is 0 Å². The molecule has 1 aromatic rings. The SMILES string of the molecule is COC(=O)c1sc(C#CC(C)(C)C)cc1N(C(=O)[C@H]1CC[C@H](C)CC1)C1CCN(C)C(=O)C1. The highest BCUT2D eigenvalue weighted by Crippen LogP contribution is 2.38. The van der Waals surface area contributed by atoms with Gasteiger partial charge in [0.2, 0.25) is 11.8 Å². The third-order valence-electron chi connectivity index (χ3n) is 6.50. The molecule has 0 spiro atoms. The van der Waals surface area contributed by atoms with Gasteiger partial charge in [-0.3, -0.25) is 9.59 Å². The van der Waals surface area contributed by atoms with Crippen LogP contribution < -0.4 is 4.90 Å². The average molecular weight is 473 g/mol. The Labute approximate surface area is 201 Å². The van der Waals surface area contributed by atoms with Gasteiger partial charge in [0.25, 0.3) is 0 Å². The molecule has 1 aliphatic heterocycles. The summed E-state index contributed by atoms with van der Waals surface area (Å²) < 4.78 is 5.06. The molecule has 1 saturated carbocycles. The largest absolute Gasteiger partial charge is 0.465 e. The van der Waals surface area contributed by atoms with Crippen LogP contribution in [-0.2, 0) is 14.3 Å². The van der Waals surface area contributed by atoms with Crippen molar-refractivity contribution in [3.8, 4) is 11.8 Å². The molecule has 6 nitrogen and oxygen atoms in total. The zero-order chi connectivity index (χ0) is 24.3. The number of hydrogen-bond acceptors (Lipinski definition) is 5. The molecule has 2 fully saturated rings. The maximum atomic E-state index is 13.9. The third kappa shape index (κ3) is 6.17. The van der Waals surface area contributed by atoms with Crippen LogP contribution in [0, 0.1) is 29.1 Å². The van der Waals surface area contributed by atoms with Crippen LogP contribution in [0.1, 0.15) is 80.8 Å². The topological polar surface area (TPSA) is 66.9 Å². The van der Waals surface area contributed by atoms with Gasteiger partial charge in [0, 0.05) is 37.4 Å². The Morgan fingerprint density at radius 2 is 1.85 bits per heavy atom. The molecule has 33 heavy (non-hydrogen) atoms. The predicted octanol–water partition coefficient (Wildman–Crippen LogP) is 4.71. The van der Waals surface area contributed by atoms with E-state index in [2.05, 4.69) is 18.8 Å². The van der Waals surface area contributed by atoms with E-state index in [0.717, 1.165) is 30.6 Å². The molecular formula is C26H36N2O4S. The number of esters is 1. The summed E-state index contributed by atoms with van der Waals surface area (Å²) in [6.45, 7) is 8.89. The minimum absolute atomic E-state index is 0.0162. The maximum Gasteiger partial charge on any atom is 0.350 e. The first kappa shape index (κ1) is 25.3. The average Bonchev–Trinajstić information content (AvgIpc) is 3.18. The number of anilines is 1. The van der Waals surface area contributed by atoms with E-state index in [1.807, 2.05) is 26.8 Å². The van der Waals surface area contributed by atoms with Crippen molar-refractivity contribution in [2.45, 2.75) is 72.3 Å². The summed E-state index contributed by atoms with van der Waals surface area (Å²) >= 11 is 1.25. The van der Waals surface area contributed by atoms with Crippen LogP contribution in [-0.4, -0.2) is 49.4 Å². The van der Waals surface area contributed by atoms with Crippen molar-refractivity contribution in [3.05, 3.63) is 15.8 Å². The Hall–Kier alpha value is -2.33. The highest BCUT2D eigenvalue weighted by Gasteiger charge is 2.38. The number of thiophene rings is 1. The number of carbonyl (C=O) groups is 3. The van der Waals surface area contributed by atoms with E-state index in [4.69, 9.17) is 4.74 Å². The lowest BCUT2D eigenvalue weighted by atomic mass is 9.82. The Morgan fingerprint density at radius 3 is 2.42 bits per heavy atom. The summed E-state index contributed by atoms with van der Waals surface area (Å²) in [5.74, 6) is 6.46. The minimum Gasteiger partial charge on any atom is -0.465 e. The zero-order valence-corrected chi connectivity index (χ0v) is 21.5. The number of amides is 2. The minimum atomic E-state index is -0.479. The van der Waals surface area contributed by atoms with Gasteiger partial charge in [-0.15, -0.1) is 11.3 Å². The monoisotopic (exact) mass is 472 g/mol. The van der Waals surface area contributed by atoms with Crippen molar-refractivity contribution in [1.82, 2.24) is 4.90 Å². The molecule has 1 aliphatic carbocycles. The Bertz CT molecular complexity index is 957. The molecule has 0 aromatic carbocycles. The van der Waals surface area contributed by atoms with Crippen LogP contribution in [0.2, 0.25) is 0 Å². The summed E-state index contributed by atoms with van der Waals surface area (Å²) in [7, 11) is 3.14. The first-order valence-electron chi connectivity index (χ1n) is 11.8. The number of piperidine rings is 1. The van der Waals surface area contributed by atoms with Crippen molar-refractivity contribution < 1.29 is 19.1 Å². The van der Waals surface area contributed by atoms with E-state index in [0.29, 0.717) is 29.4 Å². The van der Waals surface area contributed by atoms with Crippen molar-refractivity contribution in [1.29, 1.82) is 0 Å². The lowest BCUT2D eigenvalue weighted by Crippen LogP contribution is -2.51. The fraction of sp³-hybridized carbons (Fsp3) is 0.654. The molecule has 1 atom stereocenters. The second-order valence-electron chi connectivity index (χ2n) is 10.4. The molecule has 2 aliphatic rings. The van der Waals surface area contributed by atoms with E-state index >= 15 is 0 Å². The van der Waals surface area contributed by atoms with Gasteiger partial charge >= 0.3 is 5.97 Å². The van der Waals surface area contributed by atoms with Crippen molar-refractivity contribution >= 4 is 34.8 Å². The van der Waals surface area contributed by atoms with E-state index in [1.165, 1.54) is 18.4 Å². The molecule has 1 aromatic heterocycles. The Kier molecular flexibility index (Phi) is 7.89. The van der Waals surface area contributed by atoms with Crippen LogP contribution in [0.5, 0.6) is 0 Å². The maximum absolute atomic E-state index is 13.9. The van der Waals surface area contributed by atoms with E-state index in [9.17, 15) is 14.4 Å². The number of hydrogen-bond donors (Lipinski definition) is 0. The molecule has 0 radical (unpaired) electrons. The Balaban J connectivity index is 2.05. The van der Waals surface area contributed by atoms with Gasteiger partial charge in [0.05, 0.1) is 17.7 Å². The van der Waals surface area contributed by atoms with Gasteiger partial charge in [0.1, 0.15) is 4.88 Å². The lowest BCUT2D eigenvalue weighted by molar-refractivity contribution is -0.132. The zero-order valence-electron chi connectivity index (χ0n) is 20.7. The van der Waals surface area contributed by atoms with Crippen molar-refractivity contribution in [2.24, 2.45) is 17.3 Å². The molecule has 7 heteroatoms. The second-order valence-corrected chi connectivity index (χ2v) is 11.5. The fourth-order valence-electron chi connectivity index (χ4n) is 4.46. The molecule has 180 valence electrons. The summed E-state index contributed by atoms with van der Waals surface area (Å²) in [5, 5.41) is 0. The van der Waals surface area contributed by atoms with E-state index in [-0.39, 0.29) is 35.6 Å². The highest BCUT2D eigenvalue weighted by atomic mass is 32.1. The van der Waals surface area contributed by atoms with Gasteiger partial charge in [-0.05, 0) is 64.9 Å². The van der Waals surface area contributed by atoms with Gasteiger partial charge in [-0.2, -0.15) is 0 Å². The van der Waals surface area contributed by atoms with Crippen LogP contribution >= 0.6 is 11.3 Å². The van der Waals surface area contributed by atoms with Crippen LogP contribution in [0.25, 0.3) is 0 Å². The lowest BCUT2D eigenvalue weighted by Gasteiger charge is -2.39. The van der Waals surface area contributed by atoms with Crippen LogP contribution in [0.15, 0.2) is 6.07 Å². The van der Waals surface area contributed by atoms with Gasteiger partial charge < -0.3 is 14.5 Å². The van der Waals surface area contributed by atoms with E-state index in [1.54, 1.807) is 16.8 Å². The smallest absolute Gasteiger partial charge is 0.350 e. The molecular weight excluding hydrogens is 436 g/mol. The Morgan fingerprint density at radius 1 is 1.18 bits per heavy atom.